The Morgan fingerprint density at radius 2 is 2.00 bits per heavy atom. The maximum absolute atomic E-state index is 13.1. The van der Waals surface area contributed by atoms with Crippen LogP contribution in [0.5, 0.6) is 0 Å². The highest BCUT2D eigenvalue weighted by Gasteiger charge is 2.10. The van der Waals surface area contributed by atoms with Gasteiger partial charge in [0.15, 0.2) is 0 Å². The average molecular weight is 361 g/mol. The zero-order chi connectivity index (χ0) is 18.2. The van der Waals surface area contributed by atoms with Crippen LogP contribution in [0.1, 0.15) is 29.3 Å². The van der Waals surface area contributed by atoms with Gasteiger partial charge in [0.1, 0.15) is 5.82 Å². The molecule has 25 heavy (non-hydrogen) atoms. The standard InChI is InChI=1S/C19H18ClFN2O2/c1-2-10-22-19(25)16-8-7-15(12-17(16)20)23-18(24)9-6-13-4-3-5-14(21)11-13/h3-9,11-12H,2,10H2,1H3,(H,22,25)(H,23,24)/b9-6+. The van der Waals surface area contributed by atoms with Crippen molar-refractivity contribution in [3.05, 3.63) is 70.5 Å². The van der Waals surface area contributed by atoms with Crippen molar-refractivity contribution in [2.75, 3.05) is 11.9 Å². The Kier molecular flexibility index (Phi) is 6.71. The van der Waals surface area contributed by atoms with Crippen LogP contribution in [-0.4, -0.2) is 18.4 Å². The molecule has 0 aliphatic rings. The first-order valence-electron chi connectivity index (χ1n) is 7.82. The van der Waals surface area contributed by atoms with Gasteiger partial charge >= 0.3 is 0 Å². The Morgan fingerprint density at radius 1 is 1.20 bits per heavy atom. The van der Waals surface area contributed by atoms with E-state index in [1.54, 1.807) is 24.3 Å². The molecule has 0 aromatic heterocycles. The highest BCUT2D eigenvalue weighted by Crippen LogP contribution is 2.21. The SMILES string of the molecule is CCCNC(=O)c1ccc(NC(=O)/C=C/c2cccc(F)c2)cc1Cl. The molecule has 0 aliphatic carbocycles. The molecule has 2 N–H and O–H groups in total. The van der Waals surface area contributed by atoms with E-state index in [1.807, 2.05) is 6.92 Å². The number of carbonyl (C=O) groups excluding carboxylic acids is 2. The molecule has 0 bridgehead atoms. The van der Waals surface area contributed by atoms with E-state index in [1.165, 1.54) is 30.4 Å². The number of hydrogen-bond donors (Lipinski definition) is 2. The molecule has 0 saturated heterocycles. The average Bonchev–Trinajstić information content (AvgIpc) is 2.58. The van der Waals surface area contributed by atoms with Crippen LogP contribution in [0.15, 0.2) is 48.5 Å². The van der Waals surface area contributed by atoms with E-state index in [0.717, 1.165) is 6.42 Å². The molecule has 0 radical (unpaired) electrons. The Morgan fingerprint density at radius 3 is 2.68 bits per heavy atom. The fourth-order valence-electron chi connectivity index (χ4n) is 2.08. The van der Waals surface area contributed by atoms with Crippen LogP contribution in [0.2, 0.25) is 5.02 Å². The first-order valence-corrected chi connectivity index (χ1v) is 8.19. The van der Waals surface area contributed by atoms with Gasteiger partial charge in [0.05, 0.1) is 10.6 Å². The van der Waals surface area contributed by atoms with Crippen molar-refractivity contribution >= 4 is 35.2 Å². The summed E-state index contributed by atoms with van der Waals surface area (Å²) in [5.74, 6) is -1.01. The lowest BCUT2D eigenvalue weighted by Gasteiger charge is -2.08. The van der Waals surface area contributed by atoms with Crippen LogP contribution in [0, 0.1) is 5.82 Å². The van der Waals surface area contributed by atoms with E-state index < -0.39 is 0 Å². The molecule has 4 nitrogen and oxygen atoms in total. The van der Waals surface area contributed by atoms with Gasteiger partial charge in [-0.25, -0.2) is 4.39 Å². The third kappa shape index (κ3) is 5.72. The largest absolute Gasteiger partial charge is 0.352 e. The van der Waals surface area contributed by atoms with Crippen LogP contribution in [0.3, 0.4) is 0 Å². The van der Waals surface area contributed by atoms with Crippen molar-refractivity contribution in [1.29, 1.82) is 0 Å². The molecule has 0 unspecified atom stereocenters. The number of nitrogens with one attached hydrogen (secondary N) is 2. The highest BCUT2D eigenvalue weighted by molar-refractivity contribution is 6.34. The number of rotatable bonds is 6. The summed E-state index contributed by atoms with van der Waals surface area (Å²) in [4.78, 5) is 23.8. The minimum absolute atomic E-state index is 0.250. The summed E-state index contributed by atoms with van der Waals surface area (Å²) >= 11 is 6.11. The smallest absolute Gasteiger partial charge is 0.252 e. The van der Waals surface area contributed by atoms with E-state index in [4.69, 9.17) is 11.6 Å². The van der Waals surface area contributed by atoms with Crippen molar-refractivity contribution < 1.29 is 14.0 Å². The van der Waals surface area contributed by atoms with Gasteiger partial charge in [-0.2, -0.15) is 0 Å². The van der Waals surface area contributed by atoms with Crippen LogP contribution < -0.4 is 10.6 Å². The van der Waals surface area contributed by atoms with Crippen LogP contribution in [-0.2, 0) is 4.79 Å². The van der Waals surface area contributed by atoms with Crippen molar-refractivity contribution in [3.63, 3.8) is 0 Å². The second-order valence-corrected chi connectivity index (χ2v) is 5.74. The molecule has 2 amide bonds. The number of halogens is 2. The molecule has 0 atom stereocenters. The van der Waals surface area contributed by atoms with Gasteiger partial charge in [0, 0.05) is 18.3 Å². The van der Waals surface area contributed by atoms with E-state index in [2.05, 4.69) is 10.6 Å². The van der Waals surface area contributed by atoms with Gasteiger partial charge in [0.2, 0.25) is 5.91 Å². The molecule has 2 aromatic rings. The first-order chi connectivity index (χ1) is 12.0. The number of hydrogen-bond acceptors (Lipinski definition) is 2. The number of carbonyl (C=O) groups is 2. The third-order valence-corrected chi connectivity index (χ3v) is 3.61. The third-order valence-electron chi connectivity index (χ3n) is 3.29. The summed E-state index contributed by atoms with van der Waals surface area (Å²) in [6.45, 7) is 2.52. The summed E-state index contributed by atoms with van der Waals surface area (Å²) in [6.07, 6.45) is 3.63. The normalized spacial score (nSPS) is 10.7. The minimum atomic E-state index is -0.386. The summed E-state index contributed by atoms with van der Waals surface area (Å²) in [7, 11) is 0. The predicted octanol–water partition coefficient (Wildman–Crippen LogP) is 4.27. The van der Waals surface area contributed by atoms with Crippen LogP contribution >= 0.6 is 11.6 Å². The molecule has 130 valence electrons. The number of anilines is 1. The Balaban J connectivity index is 2.01. The molecular formula is C19H18ClFN2O2. The lowest BCUT2D eigenvalue weighted by Crippen LogP contribution is -2.24. The van der Waals surface area contributed by atoms with Gasteiger partial charge in [-0.15, -0.1) is 0 Å². The van der Waals surface area contributed by atoms with Crippen molar-refractivity contribution in [1.82, 2.24) is 5.32 Å². The molecule has 0 aliphatic heterocycles. The van der Waals surface area contributed by atoms with Crippen molar-refractivity contribution in [3.8, 4) is 0 Å². The zero-order valence-corrected chi connectivity index (χ0v) is 14.4. The lowest BCUT2D eigenvalue weighted by atomic mass is 10.2. The molecule has 0 heterocycles. The minimum Gasteiger partial charge on any atom is -0.352 e. The fourth-order valence-corrected chi connectivity index (χ4v) is 2.34. The summed E-state index contributed by atoms with van der Waals surface area (Å²) in [5.41, 5.74) is 1.39. The molecule has 6 heteroatoms. The molecule has 2 rings (SSSR count). The highest BCUT2D eigenvalue weighted by atomic mass is 35.5. The van der Waals surface area contributed by atoms with Crippen molar-refractivity contribution in [2.45, 2.75) is 13.3 Å². The maximum atomic E-state index is 13.1. The number of amides is 2. The van der Waals surface area contributed by atoms with E-state index in [9.17, 15) is 14.0 Å². The zero-order valence-electron chi connectivity index (χ0n) is 13.7. The topological polar surface area (TPSA) is 58.2 Å². The monoisotopic (exact) mass is 360 g/mol. The van der Waals surface area contributed by atoms with Crippen LogP contribution in [0.4, 0.5) is 10.1 Å². The van der Waals surface area contributed by atoms with Gasteiger partial charge in [0.25, 0.3) is 5.91 Å². The molecule has 0 spiro atoms. The van der Waals surface area contributed by atoms with E-state index in [0.29, 0.717) is 23.4 Å². The van der Waals surface area contributed by atoms with Crippen LogP contribution in [0.25, 0.3) is 6.08 Å². The summed E-state index contributed by atoms with van der Waals surface area (Å²) in [5, 5.41) is 5.63. The summed E-state index contributed by atoms with van der Waals surface area (Å²) < 4.78 is 13.1. The van der Waals surface area contributed by atoms with Gasteiger partial charge < -0.3 is 10.6 Å². The summed E-state index contributed by atoms with van der Waals surface area (Å²) in [6, 6.07) is 10.6. The van der Waals surface area contributed by atoms with Gasteiger partial charge in [-0.3, -0.25) is 9.59 Å². The second-order valence-electron chi connectivity index (χ2n) is 5.33. The van der Waals surface area contributed by atoms with Gasteiger partial charge in [-0.05, 0) is 48.4 Å². The molecule has 2 aromatic carbocycles. The maximum Gasteiger partial charge on any atom is 0.252 e. The van der Waals surface area contributed by atoms with Gasteiger partial charge in [-0.1, -0.05) is 30.7 Å². The molecular weight excluding hydrogens is 343 g/mol. The Hall–Kier alpha value is -2.66. The fraction of sp³-hybridized carbons (Fsp3) is 0.158. The lowest BCUT2D eigenvalue weighted by molar-refractivity contribution is -0.111. The molecule has 0 saturated carbocycles. The van der Waals surface area contributed by atoms with Crippen molar-refractivity contribution in [2.24, 2.45) is 0 Å². The predicted molar refractivity (Wildman–Crippen MR) is 98.1 cm³/mol. The van der Waals surface area contributed by atoms with E-state index in [-0.39, 0.29) is 22.7 Å². The Bertz CT molecular complexity index is 806. The first kappa shape index (κ1) is 18.7. The Labute approximate surface area is 150 Å². The molecule has 0 fully saturated rings. The quantitative estimate of drug-likeness (QED) is 0.756. The number of benzene rings is 2. The van der Waals surface area contributed by atoms with E-state index >= 15 is 0 Å². The second kappa shape index (κ2) is 8.99.